The number of hydrogen-bond donors (Lipinski definition) is 1. The molecule has 0 radical (unpaired) electrons. The Morgan fingerprint density at radius 2 is 1.64 bits per heavy atom. The highest BCUT2D eigenvalue weighted by Crippen LogP contribution is 2.13. The lowest BCUT2D eigenvalue weighted by Crippen LogP contribution is -2.12. The molecule has 0 spiro atoms. The van der Waals surface area contributed by atoms with Crippen LogP contribution in [0.3, 0.4) is 0 Å². The van der Waals surface area contributed by atoms with Gasteiger partial charge in [-0.05, 0) is 61.9 Å². The van der Waals surface area contributed by atoms with Crippen LogP contribution in [0.25, 0.3) is 6.08 Å². The third kappa shape index (κ3) is 5.80. The van der Waals surface area contributed by atoms with Crippen molar-refractivity contribution in [3.8, 4) is 5.75 Å². The molecule has 1 amide bonds. The van der Waals surface area contributed by atoms with Gasteiger partial charge in [0.2, 0.25) is 5.91 Å². The summed E-state index contributed by atoms with van der Waals surface area (Å²) in [6.45, 7) is 3.59. The molecule has 2 rings (SSSR count). The Balaban J connectivity index is 1.93. The molecule has 5 nitrogen and oxygen atoms in total. The number of esters is 1. The van der Waals surface area contributed by atoms with Crippen LogP contribution in [0.15, 0.2) is 54.6 Å². The first-order valence-corrected chi connectivity index (χ1v) is 7.92. The van der Waals surface area contributed by atoms with Crippen LogP contribution in [0.5, 0.6) is 5.75 Å². The minimum absolute atomic E-state index is 0.171. The van der Waals surface area contributed by atoms with E-state index in [1.165, 1.54) is 6.08 Å². The predicted molar refractivity (Wildman–Crippen MR) is 97.7 cm³/mol. The third-order valence-corrected chi connectivity index (χ3v) is 3.27. The van der Waals surface area contributed by atoms with Crippen LogP contribution in [-0.4, -0.2) is 25.1 Å². The Labute approximate surface area is 147 Å². The van der Waals surface area contributed by atoms with Crippen LogP contribution in [-0.2, 0) is 9.53 Å². The van der Waals surface area contributed by atoms with E-state index in [0.717, 1.165) is 11.3 Å². The minimum atomic E-state index is -0.382. The summed E-state index contributed by atoms with van der Waals surface area (Å²) < 4.78 is 10.2. The van der Waals surface area contributed by atoms with Crippen molar-refractivity contribution >= 4 is 23.6 Å². The summed E-state index contributed by atoms with van der Waals surface area (Å²) in [5.41, 5.74) is 1.94. The Morgan fingerprint density at radius 1 is 1.00 bits per heavy atom. The van der Waals surface area contributed by atoms with Crippen LogP contribution in [0.1, 0.15) is 29.8 Å². The van der Waals surface area contributed by atoms with Gasteiger partial charge in [-0.1, -0.05) is 12.1 Å². The zero-order valence-corrected chi connectivity index (χ0v) is 14.5. The number of benzene rings is 2. The summed E-state index contributed by atoms with van der Waals surface area (Å²) in [6.07, 6.45) is 2.99. The molecule has 1 N–H and O–H groups in total. The van der Waals surface area contributed by atoms with Gasteiger partial charge in [0, 0.05) is 11.8 Å². The molecule has 0 heterocycles. The fourth-order valence-corrected chi connectivity index (χ4v) is 2.04. The molecule has 0 aliphatic heterocycles. The van der Waals surface area contributed by atoms with Crippen molar-refractivity contribution in [3.63, 3.8) is 0 Å². The summed E-state index contributed by atoms with van der Waals surface area (Å²) in [6, 6.07) is 13.9. The van der Waals surface area contributed by atoms with Gasteiger partial charge < -0.3 is 14.8 Å². The molecule has 0 fully saturated rings. The molecular formula is C20H21NO4. The van der Waals surface area contributed by atoms with Crippen molar-refractivity contribution in [3.05, 3.63) is 65.7 Å². The van der Waals surface area contributed by atoms with E-state index in [2.05, 4.69) is 5.32 Å². The molecule has 0 saturated heterocycles. The monoisotopic (exact) mass is 339 g/mol. The lowest BCUT2D eigenvalue weighted by atomic mass is 10.2. The van der Waals surface area contributed by atoms with Gasteiger partial charge in [-0.2, -0.15) is 0 Å². The minimum Gasteiger partial charge on any atom is -0.497 e. The van der Waals surface area contributed by atoms with E-state index in [9.17, 15) is 9.59 Å². The normalized spacial score (nSPS) is 10.7. The number of nitrogens with one attached hydrogen (secondary N) is 1. The maximum absolute atomic E-state index is 12.0. The van der Waals surface area contributed by atoms with Gasteiger partial charge in [0.25, 0.3) is 0 Å². The number of carbonyl (C=O) groups is 2. The highest BCUT2D eigenvalue weighted by atomic mass is 16.5. The topological polar surface area (TPSA) is 64.6 Å². The fourth-order valence-electron chi connectivity index (χ4n) is 2.04. The van der Waals surface area contributed by atoms with Gasteiger partial charge in [0.05, 0.1) is 18.8 Å². The molecule has 25 heavy (non-hydrogen) atoms. The van der Waals surface area contributed by atoms with Crippen LogP contribution in [0.4, 0.5) is 5.69 Å². The molecular weight excluding hydrogens is 318 g/mol. The fraction of sp³-hybridized carbons (Fsp3) is 0.200. The second-order valence-electron chi connectivity index (χ2n) is 5.63. The van der Waals surface area contributed by atoms with Crippen molar-refractivity contribution in [1.29, 1.82) is 0 Å². The number of rotatable bonds is 6. The molecule has 130 valence electrons. The third-order valence-electron chi connectivity index (χ3n) is 3.27. The lowest BCUT2D eigenvalue weighted by Gasteiger charge is -2.08. The first kappa shape index (κ1) is 18.3. The smallest absolute Gasteiger partial charge is 0.338 e. The second kappa shape index (κ2) is 8.68. The van der Waals surface area contributed by atoms with Crippen LogP contribution >= 0.6 is 0 Å². The lowest BCUT2D eigenvalue weighted by molar-refractivity contribution is -0.111. The van der Waals surface area contributed by atoms with Gasteiger partial charge in [-0.15, -0.1) is 0 Å². The van der Waals surface area contributed by atoms with Crippen molar-refractivity contribution in [2.24, 2.45) is 0 Å². The molecule has 2 aromatic carbocycles. The molecule has 0 aliphatic carbocycles. The molecule has 0 bridgehead atoms. The van der Waals surface area contributed by atoms with E-state index in [4.69, 9.17) is 9.47 Å². The number of ether oxygens (including phenoxy) is 2. The maximum atomic E-state index is 12.0. The largest absolute Gasteiger partial charge is 0.497 e. The van der Waals surface area contributed by atoms with E-state index in [1.807, 2.05) is 24.3 Å². The molecule has 0 atom stereocenters. The molecule has 0 aliphatic rings. The summed E-state index contributed by atoms with van der Waals surface area (Å²) in [5.74, 6) is 0.123. The second-order valence-corrected chi connectivity index (χ2v) is 5.63. The summed E-state index contributed by atoms with van der Waals surface area (Å²) in [7, 11) is 1.60. The van der Waals surface area contributed by atoms with E-state index < -0.39 is 0 Å². The molecule has 0 aromatic heterocycles. The first-order valence-electron chi connectivity index (χ1n) is 7.92. The average molecular weight is 339 g/mol. The van der Waals surface area contributed by atoms with Gasteiger partial charge in [0.1, 0.15) is 5.75 Å². The quantitative estimate of drug-likeness (QED) is 0.640. The van der Waals surface area contributed by atoms with Gasteiger partial charge >= 0.3 is 5.97 Å². The summed E-state index contributed by atoms with van der Waals surface area (Å²) in [4.78, 5) is 23.7. The molecule has 2 aromatic rings. The van der Waals surface area contributed by atoms with Gasteiger partial charge in [-0.25, -0.2) is 4.79 Å². The Bertz CT molecular complexity index is 746. The number of hydrogen-bond acceptors (Lipinski definition) is 4. The van der Waals surface area contributed by atoms with Crippen molar-refractivity contribution in [2.45, 2.75) is 20.0 Å². The summed E-state index contributed by atoms with van der Waals surface area (Å²) in [5, 5.41) is 2.74. The molecule has 0 unspecified atom stereocenters. The maximum Gasteiger partial charge on any atom is 0.338 e. The van der Waals surface area contributed by atoms with Crippen LogP contribution < -0.4 is 10.1 Å². The number of carbonyl (C=O) groups excluding carboxylic acids is 2. The number of methoxy groups -OCH3 is 1. The van der Waals surface area contributed by atoms with Crippen molar-refractivity contribution < 1.29 is 19.1 Å². The SMILES string of the molecule is COc1ccc(C=CC(=O)Nc2ccc(C(=O)OC(C)C)cc2)cc1. The molecule has 0 saturated carbocycles. The van der Waals surface area contributed by atoms with E-state index >= 15 is 0 Å². The Morgan fingerprint density at radius 3 is 2.20 bits per heavy atom. The van der Waals surface area contributed by atoms with Crippen molar-refractivity contribution in [2.75, 3.05) is 12.4 Å². The highest BCUT2D eigenvalue weighted by Gasteiger charge is 2.09. The predicted octanol–water partition coefficient (Wildman–Crippen LogP) is 3.91. The first-order chi connectivity index (χ1) is 12.0. The highest BCUT2D eigenvalue weighted by molar-refractivity contribution is 6.02. The Kier molecular flexibility index (Phi) is 6.34. The van der Waals surface area contributed by atoms with Crippen molar-refractivity contribution in [1.82, 2.24) is 0 Å². The van der Waals surface area contributed by atoms with Gasteiger partial charge in [-0.3, -0.25) is 4.79 Å². The van der Waals surface area contributed by atoms with Crippen LogP contribution in [0.2, 0.25) is 0 Å². The van der Waals surface area contributed by atoms with E-state index in [1.54, 1.807) is 51.3 Å². The van der Waals surface area contributed by atoms with Gasteiger partial charge in [0.15, 0.2) is 0 Å². The number of amides is 1. The number of anilines is 1. The zero-order valence-electron chi connectivity index (χ0n) is 14.5. The Hall–Kier alpha value is -3.08. The summed E-state index contributed by atoms with van der Waals surface area (Å²) >= 11 is 0. The zero-order chi connectivity index (χ0) is 18.2. The van der Waals surface area contributed by atoms with E-state index in [-0.39, 0.29) is 18.0 Å². The molecule has 5 heteroatoms. The standard InChI is InChI=1S/C20H21NO4/c1-14(2)25-20(23)16-7-9-17(10-8-16)21-19(22)13-6-15-4-11-18(24-3)12-5-15/h4-14H,1-3H3,(H,21,22). The van der Waals surface area contributed by atoms with Crippen LogP contribution in [0, 0.1) is 0 Å². The van der Waals surface area contributed by atoms with E-state index in [0.29, 0.717) is 11.3 Å². The average Bonchev–Trinajstić information content (AvgIpc) is 2.60.